The van der Waals surface area contributed by atoms with Crippen LogP contribution in [0.3, 0.4) is 0 Å². The van der Waals surface area contributed by atoms with Gasteiger partial charge in [-0.2, -0.15) is 10.3 Å². The van der Waals surface area contributed by atoms with Gasteiger partial charge < -0.3 is 19.9 Å². The Hall–Kier alpha value is -2.59. The standard InChI is InChI=1S/C17H21N3O4/c1-5-23-16(22)20-10(2)19-14-12-8-11(9-18)6-7-13(12)24-17(3,4)15(14)21/h6-8,14-15,21H,5H2,1-4H3,(H,19,20,22)/t14-,15+/m0/s1. The summed E-state index contributed by atoms with van der Waals surface area (Å²) in [7, 11) is 0. The van der Waals surface area contributed by atoms with Crippen molar-refractivity contribution in [3.05, 3.63) is 29.3 Å². The Labute approximate surface area is 140 Å². The molecule has 0 saturated heterocycles. The summed E-state index contributed by atoms with van der Waals surface area (Å²) in [5.74, 6) is 0.884. The molecule has 128 valence electrons. The van der Waals surface area contributed by atoms with Crippen molar-refractivity contribution in [2.75, 3.05) is 6.61 Å². The molecule has 0 saturated carbocycles. The predicted octanol–water partition coefficient (Wildman–Crippen LogP) is 2.30. The van der Waals surface area contributed by atoms with E-state index in [4.69, 9.17) is 14.7 Å². The van der Waals surface area contributed by atoms with Crippen molar-refractivity contribution < 1.29 is 19.4 Å². The summed E-state index contributed by atoms with van der Waals surface area (Å²) in [6.45, 7) is 7.08. The molecule has 0 radical (unpaired) electrons. The van der Waals surface area contributed by atoms with Crippen LogP contribution in [0.5, 0.6) is 5.75 Å². The van der Waals surface area contributed by atoms with Gasteiger partial charge in [0.15, 0.2) is 0 Å². The molecule has 1 aliphatic rings. The van der Waals surface area contributed by atoms with Crippen LogP contribution in [0.15, 0.2) is 23.2 Å². The molecule has 0 unspecified atom stereocenters. The largest absolute Gasteiger partial charge is 0.485 e. The first-order chi connectivity index (χ1) is 11.3. The molecule has 0 bridgehead atoms. The van der Waals surface area contributed by atoms with Gasteiger partial charge in [-0.15, -0.1) is 0 Å². The number of hydrogen-bond acceptors (Lipinski definition) is 5. The quantitative estimate of drug-likeness (QED) is 0.636. The fourth-order valence-corrected chi connectivity index (χ4v) is 2.58. The lowest BCUT2D eigenvalue weighted by atomic mass is 9.86. The molecule has 2 N–H and O–H groups in total. The number of aliphatic imine (C=N–C) groups is 1. The topological polar surface area (TPSA) is 104 Å². The van der Waals surface area contributed by atoms with Crippen LogP contribution in [0, 0.1) is 11.3 Å². The Bertz CT molecular complexity index is 706. The van der Waals surface area contributed by atoms with Crippen LogP contribution >= 0.6 is 0 Å². The molecule has 1 aromatic carbocycles. The molecule has 1 amide bonds. The number of fused-ring (bicyclic) bond motifs is 1. The highest BCUT2D eigenvalue weighted by molar-refractivity contribution is 5.90. The zero-order valence-electron chi connectivity index (χ0n) is 14.2. The smallest absolute Gasteiger partial charge is 0.435 e. The van der Waals surface area contributed by atoms with Crippen molar-refractivity contribution >= 4 is 11.9 Å². The minimum atomic E-state index is -0.911. The predicted molar refractivity (Wildman–Crippen MR) is 87.9 cm³/mol. The lowest BCUT2D eigenvalue weighted by molar-refractivity contribution is -0.0610. The molecular weight excluding hydrogens is 310 g/mol. The van der Waals surface area contributed by atoms with E-state index in [0.29, 0.717) is 22.7 Å². The summed E-state index contributed by atoms with van der Waals surface area (Å²) >= 11 is 0. The third-order valence-corrected chi connectivity index (χ3v) is 3.77. The van der Waals surface area contributed by atoms with Crippen LogP contribution < -0.4 is 10.1 Å². The number of rotatable bonds is 2. The van der Waals surface area contributed by atoms with Crippen LogP contribution in [0.4, 0.5) is 4.79 Å². The van der Waals surface area contributed by atoms with Crippen molar-refractivity contribution in [1.82, 2.24) is 5.32 Å². The van der Waals surface area contributed by atoms with E-state index in [9.17, 15) is 9.90 Å². The lowest BCUT2D eigenvalue weighted by Gasteiger charge is -2.42. The zero-order valence-corrected chi connectivity index (χ0v) is 14.2. The van der Waals surface area contributed by atoms with Gasteiger partial charge in [-0.1, -0.05) is 0 Å². The Balaban J connectivity index is 2.37. The number of carbonyl (C=O) groups is 1. The summed E-state index contributed by atoms with van der Waals surface area (Å²) in [4.78, 5) is 15.3. The second-order valence-corrected chi connectivity index (χ2v) is 6.03. The van der Waals surface area contributed by atoms with E-state index in [1.54, 1.807) is 45.9 Å². The molecule has 0 aliphatic carbocycles. The van der Waals surface area contributed by atoms with E-state index in [1.807, 2.05) is 0 Å². The van der Waals surface area contributed by atoms with Gasteiger partial charge in [0.05, 0.1) is 24.3 Å². The molecule has 1 heterocycles. The maximum Gasteiger partial charge on any atom is 0.435 e. The maximum absolute atomic E-state index is 11.5. The zero-order chi connectivity index (χ0) is 17.9. The van der Waals surface area contributed by atoms with Gasteiger partial charge in [-0.25, -0.2) is 4.79 Å². The number of benzene rings is 1. The van der Waals surface area contributed by atoms with Gasteiger partial charge in [0.25, 0.3) is 0 Å². The summed E-state index contributed by atoms with van der Waals surface area (Å²) < 4.78 is 10.6. The molecule has 24 heavy (non-hydrogen) atoms. The fourth-order valence-electron chi connectivity index (χ4n) is 2.58. The molecule has 0 spiro atoms. The van der Waals surface area contributed by atoms with Crippen molar-refractivity contribution in [2.45, 2.75) is 45.4 Å². The van der Waals surface area contributed by atoms with E-state index in [2.05, 4.69) is 16.4 Å². The van der Waals surface area contributed by atoms with Crippen LogP contribution in [-0.4, -0.2) is 35.3 Å². The Kier molecular flexibility index (Phi) is 5.10. The first kappa shape index (κ1) is 17.8. The molecule has 7 heteroatoms. The SMILES string of the molecule is CCOC(=O)N=C(C)N[C@H]1c2cc(C#N)ccc2OC(C)(C)[C@@H]1O. The molecule has 0 fully saturated rings. The second-order valence-electron chi connectivity index (χ2n) is 6.03. The summed E-state index contributed by atoms with van der Waals surface area (Å²) in [6.07, 6.45) is -1.61. The van der Waals surface area contributed by atoms with Crippen molar-refractivity contribution in [1.29, 1.82) is 5.26 Å². The summed E-state index contributed by atoms with van der Waals surface area (Å²) in [6, 6.07) is 6.51. The minimum Gasteiger partial charge on any atom is -0.485 e. The Morgan fingerprint density at radius 3 is 2.88 bits per heavy atom. The van der Waals surface area contributed by atoms with Gasteiger partial charge in [-0.05, 0) is 45.9 Å². The first-order valence-corrected chi connectivity index (χ1v) is 7.68. The number of ether oxygens (including phenoxy) is 2. The number of aliphatic hydroxyl groups is 1. The third kappa shape index (κ3) is 3.66. The van der Waals surface area contributed by atoms with Crippen LogP contribution in [-0.2, 0) is 4.74 Å². The highest BCUT2D eigenvalue weighted by atomic mass is 16.5. The summed E-state index contributed by atoms with van der Waals surface area (Å²) in [5, 5.41) is 22.8. The molecule has 2 atom stereocenters. The Morgan fingerprint density at radius 1 is 1.54 bits per heavy atom. The average molecular weight is 331 g/mol. The van der Waals surface area contributed by atoms with E-state index in [1.165, 1.54) is 0 Å². The lowest BCUT2D eigenvalue weighted by Crippen LogP contribution is -2.53. The van der Waals surface area contributed by atoms with E-state index in [-0.39, 0.29) is 6.61 Å². The molecular formula is C17H21N3O4. The van der Waals surface area contributed by atoms with Gasteiger partial charge >= 0.3 is 6.09 Å². The van der Waals surface area contributed by atoms with E-state index in [0.717, 1.165) is 0 Å². The molecule has 7 nitrogen and oxygen atoms in total. The number of carbonyl (C=O) groups excluding carboxylic acids is 1. The second kappa shape index (κ2) is 6.89. The van der Waals surface area contributed by atoms with Gasteiger partial charge in [0, 0.05) is 5.56 Å². The molecule has 0 aromatic heterocycles. The van der Waals surface area contributed by atoms with Gasteiger partial charge in [0.1, 0.15) is 23.3 Å². The van der Waals surface area contributed by atoms with Crippen LogP contribution in [0.1, 0.15) is 44.9 Å². The van der Waals surface area contributed by atoms with Gasteiger partial charge in [0.2, 0.25) is 0 Å². The number of amides is 1. The van der Waals surface area contributed by atoms with Crippen LogP contribution in [0.2, 0.25) is 0 Å². The highest BCUT2D eigenvalue weighted by Gasteiger charge is 2.43. The van der Waals surface area contributed by atoms with E-state index >= 15 is 0 Å². The van der Waals surface area contributed by atoms with Crippen molar-refractivity contribution in [3.63, 3.8) is 0 Å². The number of amidine groups is 1. The third-order valence-electron chi connectivity index (χ3n) is 3.77. The Morgan fingerprint density at radius 2 is 2.25 bits per heavy atom. The number of nitriles is 1. The highest BCUT2D eigenvalue weighted by Crippen LogP contribution is 2.40. The minimum absolute atomic E-state index is 0.233. The number of aliphatic hydroxyl groups excluding tert-OH is 1. The normalized spacial score (nSPS) is 21.9. The monoisotopic (exact) mass is 331 g/mol. The maximum atomic E-state index is 11.5. The number of nitrogens with zero attached hydrogens (tertiary/aromatic N) is 2. The van der Waals surface area contributed by atoms with E-state index < -0.39 is 23.8 Å². The molecule has 1 aliphatic heterocycles. The number of nitrogens with one attached hydrogen (secondary N) is 1. The van der Waals surface area contributed by atoms with Crippen LogP contribution in [0.25, 0.3) is 0 Å². The van der Waals surface area contributed by atoms with Crippen molar-refractivity contribution in [2.24, 2.45) is 4.99 Å². The first-order valence-electron chi connectivity index (χ1n) is 7.68. The van der Waals surface area contributed by atoms with Crippen molar-refractivity contribution in [3.8, 4) is 11.8 Å². The summed E-state index contributed by atoms with van der Waals surface area (Å²) in [5.41, 5.74) is 0.249. The van der Waals surface area contributed by atoms with Gasteiger partial charge in [-0.3, -0.25) is 0 Å². The fraction of sp³-hybridized carbons (Fsp3) is 0.471. The number of hydrogen-bond donors (Lipinski definition) is 2. The molecule has 2 rings (SSSR count). The average Bonchev–Trinajstić information content (AvgIpc) is 2.51. The molecule has 1 aromatic rings.